The van der Waals surface area contributed by atoms with E-state index in [9.17, 15) is 9.18 Å². The van der Waals surface area contributed by atoms with Crippen LogP contribution in [0.2, 0.25) is 0 Å². The fraction of sp³-hybridized carbons (Fsp3) is 0.158. The molecule has 30 heavy (non-hydrogen) atoms. The molecule has 0 radical (unpaired) electrons. The van der Waals surface area contributed by atoms with Gasteiger partial charge in [0.25, 0.3) is 0 Å². The molecule has 9 nitrogen and oxygen atoms in total. The molecule has 2 aromatic carbocycles. The molecule has 0 atom stereocenters. The first-order chi connectivity index (χ1) is 14.6. The number of amides is 1. The summed E-state index contributed by atoms with van der Waals surface area (Å²) < 4.78 is 23.4. The second-order valence-corrected chi connectivity index (χ2v) is 6.77. The van der Waals surface area contributed by atoms with E-state index < -0.39 is 5.82 Å². The number of para-hydroxylation sites is 1. The van der Waals surface area contributed by atoms with Gasteiger partial charge in [0.2, 0.25) is 11.7 Å². The zero-order valence-corrected chi connectivity index (χ0v) is 17.3. The fourth-order valence-corrected chi connectivity index (χ4v) is 2.81. The van der Waals surface area contributed by atoms with Crippen LogP contribution in [0.3, 0.4) is 0 Å². The van der Waals surface area contributed by atoms with Crippen LogP contribution in [0.15, 0.2) is 56.7 Å². The molecule has 0 aliphatic carbocycles. The quantitative estimate of drug-likeness (QED) is 0.354. The van der Waals surface area contributed by atoms with Crippen molar-refractivity contribution >= 4 is 39.6 Å². The first-order valence-corrected chi connectivity index (χ1v) is 9.51. The van der Waals surface area contributed by atoms with Crippen LogP contribution in [-0.4, -0.2) is 29.5 Å². The van der Waals surface area contributed by atoms with Gasteiger partial charge in [-0.15, -0.1) is 0 Å². The number of nitrogens with one attached hydrogen (secondary N) is 2. The summed E-state index contributed by atoms with van der Waals surface area (Å²) in [6.45, 7) is 0. The Balaban J connectivity index is 1.51. The van der Waals surface area contributed by atoms with Crippen LogP contribution < -0.4 is 15.5 Å². The lowest BCUT2D eigenvalue weighted by Crippen LogP contribution is -2.14. The SMILES string of the molecule is COc1ccccc1CCC(=O)Nc1nonc1/C=N/ONc1ccc(F)c(Br)c1. The van der Waals surface area contributed by atoms with E-state index in [0.717, 1.165) is 11.3 Å². The summed E-state index contributed by atoms with van der Waals surface area (Å²) in [7, 11) is 1.58. The third-order valence-corrected chi connectivity index (χ3v) is 4.50. The summed E-state index contributed by atoms with van der Waals surface area (Å²) in [5.74, 6) is 0.154. The average Bonchev–Trinajstić information content (AvgIpc) is 3.19. The maximum Gasteiger partial charge on any atom is 0.226 e. The standard InChI is InChI=1S/C19H17BrFN5O4/c1-28-17-5-3-2-4-12(17)6-9-18(27)23-19-16(25-30-26-19)11-22-29-24-13-7-8-15(21)14(20)10-13/h2-5,7-8,10-11,24H,6,9H2,1H3,(H,23,26,27)/b22-11+. The highest BCUT2D eigenvalue weighted by molar-refractivity contribution is 9.10. The Labute approximate surface area is 179 Å². The van der Waals surface area contributed by atoms with Crippen molar-refractivity contribution in [3.8, 4) is 5.75 Å². The molecule has 3 aromatic rings. The summed E-state index contributed by atoms with van der Waals surface area (Å²) in [6, 6.07) is 11.7. The molecule has 11 heteroatoms. The van der Waals surface area contributed by atoms with Crippen molar-refractivity contribution in [1.82, 2.24) is 10.3 Å². The average molecular weight is 478 g/mol. The number of carbonyl (C=O) groups excluding carboxylic acids is 1. The summed E-state index contributed by atoms with van der Waals surface area (Å²) in [4.78, 5) is 17.1. The molecule has 156 valence electrons. The highest BCUT2D eigenvalue weighted by Crippen LogP contribution is 2.20. The second kappa shape index (κ2) is 10.3. The Bertz CT molecular complexity index is 1040. The van der Waals surface area contributed by atoms with Crippen LogP contribution in [-0.2, 0) is 16.2 Å². The third kappa shape index (κ3) is 5.77. The van der Waals surface area contributed by atoms with Crippen LogP contribution in [0.4, 0.5) is 15.9 Å². The van der Waals surface area contributed by atoms with Gasteiger partial charge in [0.15, 0.2) is 5.69 Å². The van der Waals surface area contributed by atoms with Gasteiger partial charge in [-0.1, -0.05) is 23.4 Å². The van der Waals surface area contributed by atoms with Crippen LogP contribution in [0.5, 0.6) is 5.75 Å². The molecule has 0 spiro atoms. The van der Waals surface area contributed by atoms with Crippen molar-refractivity contribution in [2.75, 3.05) is 17.9 Å². The largest absolute Gasteiger partial charge is 0.496 e. The van der Waals surface area contributed by atoms with Gasteiger partial charge in [0.05, 0.1) is 17.3 Å². The Hall–Kier alpha value is -3.47. The number of aromatic nitrogens is 2. The molecule has 1 aromatic heterocycles. The number of halogens is 2. The smallest absolute Gasteiger partial charge is 0.226 e. The van der Waals surface area contributed by atoms with Crippen molar-refractivity contribution in [1.29, 1.82) is 0 Å². The summed E-state index contributed by atoms with van der Waals surface area (Å²) in [5, 5.41) is 13.6. The number of nitrogens with zero attached hydrogens (tertiary/aromatic N) is 3. The molecule has 0 saturated carbocycles. The van der Waals surface area contributed by atoms with Gasteiger partial charge >= 0.3 is 0 Å². The number of hydrogen-bond donors (Lipinski definition) is 2. The van der Waals surface area contributed by atoms with E-state index in [4.69, 9.17) is 9.68 Å². The van der Waals surface area contributed by atoms with Crippen molar-refractivity contribution < 1.29 is 23.5 Å². The molecule has 1 heterocycles. The minimum atomic E-state index is -0.399. The van der Waals surface area contributed by atoms with E-state index in [-0.39, 0.29) is 28.3 Å². The van der Waals surface area contributed by atoms with Crippen molar-refractivity contribution in [3.63, 3.8) is 0 Å². The lowest BCUT2D eigenvalue weighted by Gasteiger charge is -2.07. The van der Waals surface area contributed by atoms with Gasteiger partial charge in [0.1, 0.15) is 17.8 Å². The number of anilines is 2. The fourth-order valence-electron chi connectivity index (χ4n) is 2.43. The van der Waals surface area contributed by atoms with Gasteiger partial charge in [-0.25, -0.2) is 9.02 Å². The summed E-state index contributed by atoms with van der Waals surface area (Å²) >= 11 is 3.07. The second-order valence-electron chi connectivity index (χ2n) is 5.91. The Morgan fingerprint density at radius 1 is 1.30 bits per heavy atom. The highest BCUT2D eigenvalue weighted by atomic mass is 79.9. The zero-order valence-electron chi connectivity index (χ0n) is 15.8. The van der Waals surface area contributed by atoms with Gasteiger partial charge in [0, 0.05) is 6.42 Å². The number of rotatable bonds is 9. The molecule has 2 N–H and O–H groups in total. The molecule has 0 fully saturated rings. The number of oxime groups is 1. The van der Waals surface area contributed by atoms with Crippen molar-refractivity contribution in [3.05, 3.63) is 64.0 Å². The molecule has 0 aliphatic rings. The molecular formula is C19H17BrFN5O4. The van der Waals surface area contributed by atoms with E-state index in [1.54, 1.807) is 7.11 Å². The Morgan fingerprint density at radius 3 is 2.93 bits per heavy atom. The monoisotopic (exact) mass is 477 g/mol. The van der Waals surface area contributed by atoms with Crippen LogP contribution in [0, 0.1) is 5.82 Å². The van der Waals surface area contributed by atoms with Crippen molar-refractivity contribution in [2.24, 2.45) is 5.16 Å². The Kier molecular flexibility index (Phi) is 7.33. The molecule has 0 saturated heterocycles. The maximum atomic E-state index is 13.2. The molecule has 1 amide bonds. The van der Waals surface area contributed by atoms with Gasteiger partial charge in [-0.05, 0) is 62.5 Å². The summed E-state index contributed by atoms with van der Waals surface area (Å²) in [5.41, 5.74) is 4.08. The minimum absolute atomic E-state index is 0.108. The highest BCUT2D eigenvalue weighted by Gasteiger charge is 2.13. The normalized spacial score (nSPS) is 10.8. The molecule has 0 bridgehead atoms. The number of aryl methyl sites for hydroxylation is 1. The van der Waals surface area contributed by atoms with Gasteiger partial charge in [-0.2, -0.15) is 5.48 Å². The first-order valence-electron chi connectivity index (χ1n) is 8.71. The molecule has 3 rings (SSSR count). The maximum absolute atomic E-state index is 13.2. The topological polar surface area (TPSA) is 111 Å². The Morgan fingerprint density at radius 2 is 2.13 bits per heavy atom. The van der Waals surface area contributed by atoms with Crippen molar-refractivity contribution in [2.45, 2.75) is 12.8 Å². The number of methoxy groups -OCH3 is 1. The predicted octanol–water partition coefficient (Wildman–Crippen LogP) is 3.93. The lowest BCUT2D eigenvalue weighted by atomic mass is 10.1. The molecule has 0 unspecified atom stereocenters. The van der Waals surface area contributed by atoms with Crippen LogP contribution in [0.25, 0.3) is 0 Å². The minimum Gasteiger partial charge on any atom is -0.496 e. The zero-order chi connectivity index (χ0) is 21.3. The van der Waals surface area contributed by atoms with Gasteiger partial charge < -0.3 is 10.1 Å². The van der Waals surface area contributed by atoms with Crippen LogP contribution >= 0.6 is 15.9 Å². The van der Waals surface area contributed by atoms with E-state index in [1.165, 1.54) is 24.4 Å². The lowest BCUT2D eigenvalue weighted by molar-refractivity contribution is -0.116. The first kappa shape index (κ1) is 21.2. The number of ether oxygens (including phenoxy) is 1. The predicted molar refractivity (Wildman–Crippen MR) is 111 cm³/mol. The van der Waals surface area contributed by atoms with E-state index in [2.05, 4.69) is 46.8 Å². The number of benzene rings is 2. The van der Waals surface area contributed by atoms with E-state index in [1.807, 2.05) is 24.3 Å². The number of carbonyl (C=O) groups is 1. The van der Waals surface area contributed by atoms with Gasteiger partial charge in [-0.3, -0.25) is 9.73 Å². The summed E-state index contributed by atoms with van der Waals surface area (Å²) in [6.07, 6.45) is 1.91. The van der Waals surface area contributed by atoms with E-state index >= 15 is 0 Å². The van der Waals surface area contributed by atoms with E-state index in [0.29, 0.717) is 12.1 Å². The van der Waals surface area contributed by atoms with Crippen LogP contribution in [0.1, 0.15) is 17.7 Å². The third-order valence-electron chi connectivity index (χ3n) is 3.90. The number of hydrogen-bond acceptors (Lipinski definition) is 8. The molecule has 0 aliphatic heterocycles. The molecular weight excluding hydrogens is 461 g/mol.